The van der Waals surface area contributed by atoms with Gasteiger partial charge in [0.1, 0.15) is 6.20 Å². The Morgan fingerprint density at radius 3 is 2.48 bits per heavy atom. The molecule has 1 aliphatic rings. The number of carbonyl (C=O) groups is 1. The number of carboxylic acid groups (broad SMARTS) is 1. The minimum absolute atomic E-state index is 0.0310. The summed E-state index contributed by atoms with van der Waals surface area (Å²) in [5.74, 6) is 0.0966. The van der Waals surface area contributed by atoms with Crippen molar-refractivity contribution < 1.29 is 14.8 Å². The number of aromatic nitrogens is 2. The molecule has 10 heteroatoms. The average Bonchev–Trinajstić information content (AvgIpc) is 2.47. The van der Waals surface area contributed by atoms with E-state index in [0.717, 1.165) is 6.20 Å². The first-order valence-corrected chi connectivity index (χ1v) is 8.43. The van der Waals surface area contributed by atoms with Gasteiger partial charge in [-0.1, -0.05) is 0 Å². The minimum Gasteiger partial charge on any atom is -0.465 e. The highest BCUT2D eigenvalue weighted by molar-refractivity contribution is 6.28. The molecule has 1 saturated carbocycles. The van der Waals surface area contributed by atoms with Crippen LogP contribution >= 0.6 is 11.6 Å². The maximum Gasteiger partial charge on any atom is 0.407 e. The molecule has 0 aliphatic heterocycles. The van der Waals surface area contributed by atoms with E-state index < -0.39 is 16.6 Å². The third-order valence-corrected chi connectivity index (χ3v) is 4.45. The number of hydrogen-bond donors (Lipinski definition) is 2. The number of amides is 1. The Morgan fingerprint density at radius 2 is 2.00 bits per heavy atom. The summed E-state index contributed by atoms with van der Waals surface area (Å²) in [6.45, 7) is 5.62. The van der Waals surface area contributed by atoms with Crippen molar-refractivity contribution in [2.75, 3.05) is 5.32 Å². The van der Waals surface area contributed by atoms with Gasteiger partial charge in [-0.05, 0) is 58.1 Å². The van der Waals surface area contributed by atoms with Gasteiger partial charge >= 0.3 is 11.8 Å². The van der Waals surface area contributed by atoms with Crippen molar-refractivity contribution in [1.82, 2.24) is 14.9 Å². The van der Waals surface area contributed by atoms with Crippen LogP contribution < -0.4 is 5.32 Å². The van der Waals surface area contributed by atoms with E-state index in [4.69, 9.17) is 11.6 Å². The van der Waals surface area contributed by atoms with Crippen molar-refractivity contribution in [3.8, 4) is 0 Å². The maximum atomic E-state index is 11.6. The van der Waals surface area contributed by atoms with Gasteiger partial charge in [0.15, 0.2) is 0 Å². The summed E-state index contributed by atoms with van der Waals surface area (Å²) >= 11 is 5.73. The molecule has 25 heavy (non-hydrogen) atoms. The summed E-state index contributed by atoms with van der Waals surface area (Å²) in [6, 6.07) is -0.101. The fraction of sp³-hybridized carbons (Fsp3) is 0.667. The monoisotopic (exact) mass is 371 g/mol. The molecule has 1 fully saturated rings. The first-order valence-electron chi connectivity index (χ1n) is 8.05. The summed E-state index contributed by atoms with van der Waals surface area (Å²) in [5, 5.41) is 23.6. The van der Waals surface area contributed by atoms with Gasteiger partial charge < -0.3 is 15.3 Å². The smallest absolute Gasteiger partial charge is 0.407 e. The van der Waals surface area contributed by atoms with E-state index in [0.29, 0.717) is 25.7 Å². The van der Waals surface area contributed by atoms with E-state index in [1.807, 2.05) is 20.8 Å². The van der Waals surface area contributed by atoms with Crippen LogP contribution in [0.4, 0.5) is 16.3 Å². The van der Waals surface area contributed by atoms with Crippen LogP contribution in [-0.4, -0.2) is 48.6 Å². The molecule has 9 nitrogen and oxygen atoms in total. The minimum atomic E-state index is -0.929. The number of nitrogens with one attached hydrogen (secondary N) is 1. The SMILES string of the molecule is CC(C)(C)N(C(=O)O)C1CCC(Nc2nc(Cl)ncc2[N+](=O)[O-])CC1. The molecule has 0 atom stereocenters. The molecule has 1 heterocycles. The van der Waals surface area contributed by atoms with Crippen molar-refractivity contribution in [1.29, 1.82) is 0 Å². The third-order valence-electron chi connectivity index (χ3n) is 4.27. The molecule has 1 aromatic rings. The Bertz CT molecular complexity index is 656. The molecule has 0 saturated heterocycles. The molecular formula is C15H22ClN5O4. The van der Waals surface area contributed by atoms with E-state index in [2.05, 4.69) is 15.3 Å². The normalized spacial score (nSPS) is 20.8. The zero-order chi connectivity index (χ0) is 18.8. The summed E-state index contributed by atoms with van der Waals surface area (Å²) in [5.41, 5.74) is -0.705. The summed E-state index contributed by atoms with van der Waals surface area (Å²) in [7, 11) is 0. The Morgan fingerprint density at radius 1 is 1.40 bits per heavy atom. The zero-order valence-corrected chi connectivity index (χ0v) is 15.2. The van der Waals surface area contributed by atoms with Crippen LogP contribution in [0.5, 0.6) is 0 Å². The van der Waals surface area contributed by atoms with E-state index >= 15 is 0 Å². The molecular weight excluding hydrogens is 350 g/mol. The average molecular weight is 372 g/mol. The quantitative estimate of drug-likeness (QED) is 0.471. The molecule has 2 N–H and O–H groups in total. The van der Waals surface area contributed by atoms with Gasteiger partial charge in [-0.15, -0.1) is 0 Å². The second-order valence-corrected chi connectivity index (χ2v) is 7.44. The Labute approximate surface area is 150 Å². The lowest BCUT2D eigenvalue weighted by Crippen LogP contribution is -2.52. The number of halogens is 1. The summed E-state index contributed by atoms with van der Waals surface area (Å²) < 4.78 is 0. The highest BCUT2D eigenvalue weighted by Crippen LogP contribution is 2.31. The van der Waals surface area contributed by atoms with Gasteiger partial charge in [0.2, 0.25) is 11.1 Å². The molecule has 0 radical (unpaired) electrons. The van der Waals surface area contributed by atoms with Crippen LogP contribution in [0.25, 0.3) is 0 Å². The van der Waals surface area contributed by atoms with E-state index in [1.165, 1.54) is 4.90 Å². The molecule has 0 unspecified atom stereocenters. The molecule has 2 rings (SSSR count). The lowest BCUT2D eigenvalue weighted by atomic mass is 9.88. The number of hydrogen-bond acceptors (Lipinski definition) is 6. The van der Waals surface area contributed by atoms with Gasteiger partial charge in [-0.25, -0.2) is 9.78 Å². The predicted molar refractivity (Wildman–Crippen MR) is 93.0 cm³/mol. The van der Waals surface area contributed by atoms with Gasteiger partial charge in [-0.3, -0.25) is 10.1 Å². The number of rotatable bonds is 4. The van der Waals surface area contributed by atoms with Crippen LogP contribution in [0, 0.1) is 10.1 Å². The number of nitrogens with zero attached hydrogens (tertiary/aromatic N) is 4. The van der Waals surface area contributed by atoms with E-state index in [9.17, 15) is 20.0 Å². The standard InChI is InChI=1S/C15H22ClN5O4/c1-15(2,3)20(14(22)23)10-6-4-9(5-7-10)18-12-11(21(24)25)8-17-13(16)19-12/h8-10H,4-7H2,1-3H3,(H,22,23)(H,17,18,19). The fourth-order valence-corrected chi connectivity index (χ4v) is 3.39. The van der Waals surface area contributed by atoms with Gasteiger partial charge in [0, 0.05) is 17.6 Å². The van der Waals surface area contributed by atoms with Crippen molar-refractivity contribution in [3.05, 3.63) is 21.6 Å². The molecule has 1 aliphatic carbocycles. The Kier molecular flexibility index (Phi) is 5.66. The van der Waals surface area contributed by atoms with E-state index in [-0.39, 0.29) is 28.9 Å². The van der Waals surface area contributed by atoms with Crippen LogP contribution in [0.3, 0.4) is 0 Å². The molecule has 0 spiro atoms. The molecule has 0 aromatic carbocycles. The first-order chi connectivity index (χ1) is 11.6. The maximum absolute atomic E-state index is 11.6. The van der Waals surface area contributed by atoms with Crippen LogP contribution in [0.1, 0.15) is 46.5 Å². The Hall–Kier alpha value is -2.16. The number of anilines is 1. The second-order valence-electron chi connectivity index (χ2n) is 7.10. The lowest BCUT2D eigenvalue weighted by molar-refractivity contribution is -0.384. The predicted octanol–water partition coefficient (Wildman–Crippen LogP) is 3.54. The fourth-order valence-electron chi connectivity index (χ4n) is 3.26. The topological polar surface area (TPSA) is 121 Å². The van der Waals surface area contributed by atoms with Crippen molar-refractivity contribution in [2.45, 2.75) is 64.1 Å². The van der Waals surface area contributed by atoms with Crippen LogP contribution in [0.2, 0.25) is 5.28 Å². The second kappa shape index (κ2) is 7.38. The molecule has 138 valence electrons. The molecule has 1 aromatic heterocycles. The summed E-state index contributed by atoms with van der Waals surface area (Å²) in [6.07, 6.45) is 2.87. The zero-order valence-electron chi connectivity index (χ0n) is 14.4. The molecule has 0 bridgehead atoms. The number of nitro groups is 1. The highest BCUT2D eigenvalue weighted by atomic mass is 35.5. The highest BCUT2D eigenvalue weighted by Gasteiger charge is 2.36. The van der Waals surface area contributed by atoms with Crippen molar-refractivity contribution in [3.63, 3.8) is 0 Å². The summed E-state index contributed by atoms with van der Waals surface area (Å²) in [4.78, 5) is 31.1. The third kappa shape index (κ3) is 4.68. The van der Waals surface area contributed by atoms with Crippen LogP contribution in [-0.2, 0) is 0 Å². The molecule has 1 amide bonds. The van der Waals surface area contributed by atoms with Crippen molar-refractivity contribution >= 4 is 29.2 Å². The van der Waals surface area contributed by atoms with Gasteiger partial charge in [-0.2, -0.15) is 4.98 Å². The lowest BCUT2D eigenvalue weighted by Gasteiger charge is -2.42. The van der Waals surface area contributed by atoms with E-state index in [1.54, 1.807) is 0 Å². The van der Waals surface area contributed by atoms with Gasteiger partial charge in [0.25, 0.3) is 0 Å². The van der Waals surface area contributed by atoms with Crippen LogP contribution in [0.15, 0.2) is 6.20 Å². The Balaban J connectivity index is 2.05. The van der Waals surface area contributed by atoms with Crippen molar-refractivity contribution in [2.24, 2.45) is 0 Å². The largest absolute Gasteiger partial charge is 0.465 e. The first kappa shape index (κ1) is 19.2. The van der Waals surface area contributed by atoms with Gasteiger partial charge in [0.05, 0.1) is 4.92 Å².